The number of hydrogen-bond acceptors (Lipinski definition) is 4. The van der Waals surface area contributed by atoms with Crippen LogP contribution in [0.15, 0.2) is 29.8 Å². The number of halogens is 1. The third-order valence-corrected chi connectivity index (χ3v) is 2.89. The lowest BCUT2D eigenvalue weighted by Crippen LogP contribution is -2.13. The third kappa shape index (κ3) is 3.37. The van der Waals surface area contributed by atoms with Crippen LogP contribution in [-0.4, -0.2) is 17.4 Å². The van der Waals surface area contributed by atoms with Crippen LogP contribution >= 0.6 is 11.3 Å². The fourth-order valence-corrected chi connectivity index (χ4v) is 1.90. The highest BCUT2D eigenvalue weighted by Gasteiger charge is 2.12. The Balaban J connectivity index is 2.18. The van der Waals surface area contributed by atoms with Gasteiger partial charge in [0.2, 0.25) is 0 Å². The monoisotopic (exact) mass is 275 g/mol. The normalized spacial score (nSPS) is 9.58. The van der Waals surface area contributed by atoms with Crippen LogP contribution < -0.4 is 11.1 Å². The maximum Gasteiger partial charge on any atom is 0.260 e. The van der Waals surface area contributed by atoms with Gasteiger partial charge in [-0.05, 0) is 18.2 Å². The maximum absolute atomic E-state index is 13.8. The molecule has 0 atom stereocenters. The molecule has 0 spiro atoms. The predicted molar refractivity (Wildman–Crippen MR) is 72.4 cm³/mol. The number of carbonyl (C=O) groups is 1. The summed E-state index contributed by atoms with van der Waals surface area (Å²) in [6, 6.07) is 4.17. The summed E-state index contributed by atoms with van der Waals surface area (Å²) >= 11 is 1.26. The first-order valence-electron chi connectivity index (χ1n) is 5.40. The molecule has 0 saturated heterocycles. The highest BCUT2D eigenvalue weighted by Crippen LogP contribution is 2.15. The number of hydrogen-bond donors (Lipinski definition) is 2. The molecule has 6 heteroatoms. The summed E-state index contributed by atoms with van der Waals surface area (Å²) in [5.74, 6) is 4.16. The molecule has 2 rings (SSSR count). The quantitative estimate of drug-likeness (QED) is 0.822. The molecule has 0 radical (unpaired) electrons. The number of aromatic nitrogens is 1. The molecule has 19 heavy (non-hydrogen) atoms. The molecule has 1 aromatic carbocycles. The van der Waals surface area contributed by atoms with Crippen molar-refractivity contribution in [3.63, 3.8) is 0 Å². The van der Waals surface area contributed by atoms with Gasteiger partial charge in [0.25, 0.3) is 5.91 Å². The van der Waals surface area contributed by atoms with Crippen LogP contribution in [0, 0.1) is 17.7 Å². The fraction of sp³-hybridized carbons (Fsp3) is 0.0769. The minimum atomic E-state index is -0.627. The van der Waals surface area contributed by atoms with Gasteiger partial charge in [-0.2, -0.15) is 0 Å². The average molecular weight is 275 g/mol. The van der Waals surface area contributed by atoms with E-state index in [-0.39, 0.29) is 12.1 Å². The summed E-state index contributed by atoms with van der Waals surface area (Å²) in [7, 11) is 0. The fourth-order valence-electron chi connectivity index (χ4n) is 1.38. The van der Waals surface area contributed by atoms with Crippen LogP contribution in [0.1, 0.15) is 15.9 Å². The van der Waals surface area contributed by atoms with Gasteiger partial charge in [0.1, 0.15) is 5.82 Å². The summed E-state index contributed by atoms with van der Waals surface area (Å²) in [6.07, 6.45) is 1.56. The zero-order valence-corrected chi connectivity index (χ0v) is 10.6. The summed E-state index contributed by atoms with van der Waals surface area (Å²) in [4.78, 5) is 15.7. The zero-order valence-electron chi connectivity index (χ0n) is 9.81. The van der Waals surface area contributed by atoms with Gasteiger partial charge in [-0.15, -0.1) is 11.3 Å². The Bertz CT molecular complexity index is 644. The standard InChI is InChI=1S/C13H10FN3OS/c14-11-8-9(2-1-5-15)3-4-10(11)12(18)17-13-16-6-7-19-13/h3-4,6-8H,5,15H2,(H,16,17,18). The van der Waals surface area contributed by atoms with E-state index < -0.39 is 11.7 Å². The molecule has 1 heterocycles. The second-order valence-corrected chi connectivity index (χ2v) is 4.39. The van der Waals surface area contributed by atoms with Crippen molar-refractivity contribution < 1.29 is 9.18 Å². The molecule has 0 saturated carbocycles. The topological polar surface area (TPSA) is 68.0 Å². The number of nitrogens with zero attached hydrogens (tertiary/aromatic N) is 1. The molecule has 1 aromatic heterocycles. The smallest absolute Gasteiger partial charge is 0.260 e. The minimum Gasteiger partial charge on any atom is -0.320 e. The molecule has 1 amide bonds. The van der Waals surface area contributed by atoms with Crippen molar-refractivity contribution in [3.05, 3.63) is 46.7 Å². The average Bonchev–Trinajstić information content (AvgIpc) is 2.89. The van der Waals surface area contributed by atoms with E-state index in [0.717, 1.165) is 0 Å². The molecule has 0 unspecified atom stereocenters. The lowest BCUT2D eigenvalue weighted by atomic mass is 10.1. The van der Waals surface area contributed by atoms with Crippen molar-refractivity contribution in [2.24, 2.45) is 5.73 Å². The molecule has 0 fully saturated rings. The number of anilines is 1. The molecule has 96 valence electrons. The second kappa shape index (κ2) is 6.09. The Morgan fingerprint density at radius 2 is 2.37 bits per heavy atom. The summed E-state index contributed by atoms with van der Waals surface area (Å²) < 4.78 is 13.8. The first-order chi connectivity index (χ1) is 9.20. The van der Waals surface area contributed by atoms with E-state index in [9.17, 15) is 9.18 Å². The predicted octanol–water partition coefficient (Wildman–Crippen LogP) is 1.84. The molecule has 3 N–H and O–H groups in total. The Morgan fingerprint density at radius 1 is 1.53 bits per heavy atom. The third-order valence-electron chi connectivity index (χ3n) is 2.20. The first kappa shape index (κ1) is 13.2. The van der Waals surface area contributed by atoms with Crippen molar-refractivity contribution >= 4 is 22.4 Å². The molecule has 0 aliphatic heterocycles. The van der Waals surface area contributed by atoms with E-state index in [4.69, 9.17) is 5.73 Å². The van der Waals surface area contributed by atoms with Gasteiger partial charge in [0.15, 0.2) is 5.13 Å². The number of carbonyl (C=O) groups excluding carboxylic acids is 1. The van der Waals surface area contributed by atoms with Gasteiger partial charge < -0.3 is 5.73 Å². The van der Waals surface area contributed by atoms with Crippen LogP contribution in [-0.2, 0) is 0 Å². The lowest BCUT2D eigenvalue weighted by Gasteiger charge is -2.03. The van der Waals surface area contributed by atoms with Gasteiger partial charge in [0.05, 0.1) is 12.1 Å². The first-order valence-corrected chi connectivity index (χ1v) is 6.28. The summed E-state index contributed by atoms with van der Waals surface area (Å²) in [5, 5.41) is 4.66. The van der Waals surface area contributed by atoms with Crippen molar-refractivity contribution in [2.75, 3.05) is 11.9 Å². The van der Waals surface area contributed by atoms with Crippen molar-refractivity contribution in [3.8, 4) is 11.8 Å². The molecule has 0 aliphatic carbocycles. The maximum atomic E-state index is 13.8. The van der Waals surface area contributed by atoms with E-state index in [2.05, 4.69) is 22.1 Å². The highest BCUT2D eigenvalue weighted by molar-refractivity contribution is 7.13. The summed E-state index contributed by atoms with van der Waals surface area (Å²) in [5.41, 5.74) is 5.66. The number of nitrogens with one attached hydrogen (secondary N) is 1. The van der Waals surface area contributed by atoms with Crippen LogP contribution in [0.3, 0.4) is 0 Å². The minimum absolute atomic E-state index is 0.0477. The van der Waals surface area contributed by atoms with Crippen LogP contribution in [0.5, 0.6) is 0 Å². The Kier molecular flexibility index (Phi) is 4.23. The van der Waals surface area contributed by atoms with Crippen LogP contribution in [0.2, 0.25) is 0 Å². The van der Waals surface area contributed by atoms with E-state index in [1.54, 1.807) is 17.6 Å². The zero-order chi connectivity index (χ0) is 13.7. The van der Waals surface area contributed by atoms with E-state index in [1.807, 2.05) is 0 Å². The van der Waals surface area contributed by atoms with Crippen molar-refractivity contribution in [1.82, 2.24) is 4.98 Å². The van der Waals surface area contributed by atoms with Gasteiger partial charge in [-0.25, -0.2) is 9.37 Å². The molecule has 0 bridgehead atoms. The van der Waals surface area contributed by atoms with Gasteiger partial charge in [-0.3, -0.25) is 10.1 Å². The number of nitrogens with two attached hydrogens (primary N) is 1. The van der Waals surface area contributed by atoms with Gasteiger partial charge in [-0.1, -0.05) is 11.8 Å². The second-order valence-electron chi connectivity index (χ2n) is 3.49. The molecule has 0 aliphatic rings. The Labute approximate surface area is 113 Å². The Hall–Kier alpha value is -2.23. The molecular weight excluding hydrogens is 265 g/mol. The summed E-state index contributed by atoms with van der Waals surface area (Å²) in [6.45, 7) is 0.202. The number of rotatable bonds is 2. The van der Waals surface area contributed by atoms with E-state index in [0.29, 0.717) is 10.7 Å². The van der Waals surface area contributed by atoms with Crippen LogP contribution in [0.25, 0.3) is 0 Å². The molecule has 2 aromatic rings. The van der Waals surface area contributed by atoms with E-state index >= 15 is 0 Å². The van der Waals surface area contributed by atoms with E-state index in [1.165, 1.54) is 23.5 Å². The highest BCUT2D eigenvalue weighted by atomic mass is 32.1. The van der Waals surface area contributed by atoms with Gasteiger partial charge in [0, 0.05) is 17.1 Å². The van der Waals surface area contributed by atoms with Crippen molar-refractivity contribution in [1.29, 1.82) is 0 Å². The lowest BCUT2D eigenvalue weighted by molar-refractivity contribution is 0.102. The van der Waals surface area contributed by atoms with Crippen molar-refractivity contribution in [2.45, 2.75) is 0 Å². The van der Waals surface area contributed by atoms with Crippen LogP contribution in [0.4, 0.5) is 9.52 Å². The SMILES string of the molecule is NCC#Cc1ccc(C(=O)Nc2nccs2)c(F)c1. The molecular formula is C13H10FN3OS. The Morgan fingerprint density at radius 3 is 3.00 bits per heavy atom. The largest absolute Gasteiger partial charge is 0.320 e. The number of benzene rings is 1. The number of thiazole rings is 1. The number of amides is 1. The van der Waals surface area contributed by atoms with Gasteiger partial charge >= 0.3 is 0 Å². The molecule has 4 nitrogen and oxygen atoms in total.